The Morgan fingerprint density at radius 3 is 2.52 bits per heavy atom. The summed E-state index contributed by atoms with van der Waals surface area (Å²) in [5.74, 6) is -0.806. The van der Waals surface area contributed by atoms with Crippen LogP contribution in [0.4, 0.5) is 4.79 Å². The Balaban J connectivity index is 1.49. The predicted molar refractivity (Wildman–Crippen MR) is 106 cm³/mol. The minimum absolute atomic E-state index is 0.0592. The zero-order valence-electron chi connectivity index (χ0n) is 15.9. The first-order chi connectivity index (χ1) is 13.0. The monoisotopic (exact) mass is 369 g/mol. The van der Waals surface area contributed by atoms with Gasteiger partial charge in [-0.2, -0.15) is 0 Å². The average molecular weight is 369 g/mol. The van der Waals surface area contributed by atoms with Crippen LogP contribution >= 0.6 is 0 Å². The Labute approximate surface area is 159 Å². The third kappa shape index (κ3) is 4.77. The molecule has 3 rings (SSSR count). The van der Waals surface area contributed by atoms with Gasteiger partial charge in [0.05, 0.1) is 6.54 Å². The Morgan fingerprint density at radius 1 is 1.15 bits per heavy atom. The third-order valence-electron chi connectivity index (χ3n) is 5.28. The summed E-state index contributed by atoms with van der Waals surface area (Å²) in [6.45, 7) is 3.28. The lowest BCUT2D eigenvalue weighted by molar-refractivity contribution is -0.139. The Bertz CT molecular complexity index is 817. The van der Waals surface area contributed by atoms with E-state index in [9.17, 15) is 9.59 Å². The minimum atomic E-state index is -0.806. The van der Waals surface area contributed by atoms with Gasteiger partial charge >= 0.3 is 12.0 Å². The van der Waals surface area contributed by atoms with Gasteiger partial charge in [-0.25, -0.2) is 4.79 Å². The van der Waals surface area contributed by atoms with Crippen molar-refractivity contribution in [3.05, 3.63) is 48.0 Å². The molecular formula is C21H27N3O3. The third-order valence-corrected chi connectivity index (χ3v) is 5.28. The normalized spacial score (nSPS) is 18.9. The van der Waals surface area contributed by atoms with Crippen molar-refractivity contribution in [2.24, 2.45) is 0 Å². The minimum Gasteiger partial charge on any atom is -0.480 e. The van der Waals surface area contributed by atoms with E-state index in [1.165, 1.54) is 10.8 Å². The second-order valence-corrected chi connectivity index (χ2v) is 7.27. The molecule has 0 heterocycles. The number of amides is 2. The van der Waals surface area contributed by atoms with Crippen LogP contribution in [-0.4, -0.2) is 59.1 Å². The summed E-state index contributed by atoms with van der Waals surface area (Å²) in [6.07, 6.45) is 1.60. The maximum atomic E-state index is 12.4. The quantitative estimate of drug-likeness (QED) is 0.787. The van der Waals surface area contributed by atoms with E-state index in [2.05, 4.69) is 35.6 Å². The van der Waals surface area contributed by atoms with Gasteiger partial charge in [-0.15, -0.1) is 0 Å². The van der Waals surface area contributed by atoms with Gasteiger partial charge in [0.25, 0.3) is 0 Å². The van der Waals surface area contributed by atoms with E-state index in [1.54, 1.807) is 11.9 Å². The zero-order chi connectivity index (χ0) is 19.4. The molecule has 144 valence electrons. The lowest BCUT2D eigenvalue weighted by Gasteiger charge is -2.42. The smallest absolute Gasteiger partial charge is 0.317 e. The molecule has 6 nitrogen and oxygen atoms in total. The molecule has 1 aliphatic carbocycles. The largest absolute Gasteiger partial charge is 0.480 e. The fourth-order valence-electron chi connectivity index (χ4n) is 3.64. The molecule has 6 heteroatoms. The van der Waals surface area contributed by atoms with E-state index in [-0.39, 0.29) is 24.7 Å². The topological polar surface area (TPSA) is 72.9 Å². The number of rotatable bonds is 7. The van der Waals surface area contributed by atoms with Gasteiger partial charge in [-0.05, 0) is 41.8 Å². The molecule has 2 aromatic carbocycles. The van der Waals surface area contributed by atoms with E-state index >= 15 is 0 Å². The summed E-state index contributed by atoms with van der Waals surface area (Å²) in [6, 6.07) is 14.7. The molecule has 27 heavy (non-hydrogen) atoms. The Kier molecular flexibility index (Phi) is 5.96. The number of carboxylic acid groups (broad SMARTS) is 1. The molecule has 2 aromatic rings. The van der Waals surface area contributed by atoms with E-state index in [4.69, 9.17) is 5.11 Å². The number of carboxylic acids is 1. The molecular weight excluding hydrogens is 342 g/mol. The molecule has 0 atom stereocenters. The van der Waals surface area contributed by atoms with Crippen molar-refractivity contribution in [3.8, 4) is 0 Å². The molecule has 0 aromatic heterocycles. The molecule has 1 aliphatic rings. The van der Waals surface area contributed by atoms with Crippen molar-refractivity contribution in [1.82, 2.24) is 15.1 Å². The second kappa shape index (κ2) is 8.39. The molecule has 2 amide bonds. The van der Waals surface area contributed by atoms with Gasteiger partial charge in [0, 0.05) is 25.7 Å². The molecule has 1 fully saturated rings. The molecule has 0 unspecified atom stereocenters. The summed E-state index contributed by atoms with van der Waals surface area (Å²) >= 11 is 0. The van der Waals surface area contributed by atoms with Crippen molar-refractivity contribution in [3.63, 3.8) is 0 Å². The van der Waals surface area contributed by atoms with Crippen molar-refractivity contribution in [1.29, 1.82) is 0 Å². The summed E-state index contributed by atoms with van der Waals surface area (Å²) in [7, 11) is 1.80. The summed E-state index contributed by atoms with van der Waals surface area (Å²) < 4.78 is 0. The van der Waals surface area contributed by atoms with Crippen LogP contribution in [0.3, 0.4) is 0 Å². The number of carbonyl (C=O) groups is 2. The molecule has 2 N–H and O–H groups in total. The van der Waals surface area contributed by atoms with Crippen LogP contribution < -0.4 is 5.32 Å². The van der Waals surface area contributed by atoms with Crippen LogP contribution in [0.15, 0.2) is 42.5 Å². The van der Waals surface area contributed by atoms with Gasteiger partial charge in [-0.1, -0.05) is 43.3 Å². The van der Waals surface area contributed by atoms with Crippen molar-refractivity contribution in [2.75, 3.05) is 20.1 Å². The number of likely N-dealkylation sites (N-methyl/N-ethyl adjacent to an activating group) is 1. The predicted octanol–water partition coefficient (Wildman–Crippen LogP) is 2.92. The van der Waals surface area contributed by atoms with Crippen LogP contribution in [-0.2, 0) is 11.3 Å². The summed E-state index contributed by atoms with van der Waals surface area (Å²) in [5.41, 5.74) is 1.09. The highest BCUT2D eigenvalue weighted by atomic mass is 16.4. The standard InChI is InChI=1S/C21H27N3O3/c1-3-24(14-20(25)26)19-11-18(12-19)22-21(27)23(2)13-15-8-9-16-6-4-5-7-17(16)10-15/h4-10,18-19H,3,11-14H2,1-2H3,(H,22,27)(H,25,26). The maximum absolute atomic E-state index is 12.4. The van der Waals surface area contributed by atoms with Gasteiger partial charge in [0.2, 0.25) is 0 Å². The first-order valence-corrected chi connectivity index (χ1v) is 9.41. The first kappa shape index (κ1) is 19.2. The van der Waals surface area contributed by atoms with Crippen LogP contribution in [0.1, 0.15) is 25.3 Å². The lowest BCUT2D eigenvalue weighted by atomic mass is 9.85. The number of fused-ring (bicyclic) bond motifs is 1. The molecule has 0 saturated heterocycles. The Morgan fingerprint density at radius 2 is 1.85 bits per heavy atom. The maximum Gasteiger partial charge on any atom is 0.317 e. The van der Waals surface area contributed by atoms with Gasteiger partial charge in [0.1, 0.15) is 0 Å². The fourth-order valence-corrected chi connectivity index (χ4v) is 3.64. The molecule has 0 spiro atoms. The molecule has 1 saturated carbocycles. The molecule has 0 bridgehead atoms. The number of carbonyl (C=O) groups excluding carboxylic acids is 1. The first-order valence-electron chi connectivity index (χ1n) is 9.41. The van der Waals surface area contributed by atoms with Gasteiger partial charge in [-0.3, -0.25) is 9.69 Å². The Hall–Kier alpha value is -2.60. The lowest BCUT2D eigenvalue weighted by Crippen LogP contribution is -2.56. The van der Waals surface area contributed by atoms with E-state index in [1.807, 2.05) is 24.0 Å². The SMILES string of the molecule is CCN(CC(=O)O)C1CC(NC(=O)N(C)Cc2ccc3ccccc3c2)C1. The second-order valence-electron chi connectivity index (χ2n) is 7.27. The van der Waals surface area contributed by atoms with Gasteiger partial charge < -0.3 is 15.3 Å². The van der Waals surface area contributed by atoms with Gasteiger partial charge in [0.15, 0.2) is 0 Å². The number of hydrogen-bond acceptors (Lipinski definition) is 3. The molecule has 0 aliphatic heterocycles. The molecule has 0 radical (unpaired) electrons. The summed E-state index contributed by atoms with van der Waals surface area (Å²) in [4.78, 5) is 27.0. The number of urea groups is 1. The number of nitrogens with one attached hydrogen (secondary N) is 1. The number of hydrogen-bond donors (Lipinski definition) is 2. The van der Waals surface area contributed by atoms with Crippen molar-refractivity contribution in [2.45, 2.75) is 38.4 Å². The summed E-state index contributed by atoms with van der Waals surface area (Å²) in [5, 5.41) is 14.4. The average Bonchev–Trinajstić information content (AvgIpc) is 2.62. The highest BCUT2D eigenvalue weighted by molar-refractivity contribution is 5.83. The fraction of sp³-hybridized carbons (Fsp3) is 0.429. The highest BCUT2D eigenvalue weighted by Crippen LogP contribution is 2.26. The van der Waals surface area contributed by atoms with E-state index < -0.39 is 5.97 Å². The van der Waals surface area contributed by atoms with E-state index in [0.717, 1.165) is 18.4 Å². The van der Waals surface area contributed by atoms with Crippen LogP contribution in [0.25, 0.3) is 10.8 Å². The van der Waals surface area contributed by atoms with E-state index in [0.29, 0.717) is 13.1 Å². The van der Waals surface area contributed by atoms with Crippen LogP contribution in [0.2, 0.25) is 0 Å². The van der Waals surface area contributed by atoms with Crippen LogP contribution in [0, 0.1) is 0 Å². The van der Waals surface area contributed by atoms with Crippen molar-refractivity contribution >= 4 is 22.8 Å². The number of aliphatic carboxylic acids is 1. The number of nitrogens with zero attached hydrogens (tertiary/aromatic N) is 2. The zero-order valence-corrected chi connectivity index (χ0v) is 15.9. The number of benzene rings is 2. The van der Waals surface area contributed by atoms with Crippen LogP contribution in [0.5, 0.6) is 0 Å². The van der Waals surface area contributed by atoms with Crippen molar-refractivity contribution < 1.29 is 14.7 Å². The highest BCUT2D eigenvalue weighted by Gasteiger charge is 2.35.